The number of primary amides is 2. The van der Waals surface area contributed by atoms with Crippen LogP contribution in [-0.4, -0.2) is 64.8 Å². The molecule has 4 unspecified atom stereocenters. The summed E-state index contributed by atoms with van der Waals surface area (Å²) in [5.41, 5.74) is 16.7. The first-order chi connectivity index (χ1) is 17.3. The Morgan fingerprint density at radius 3 is 1.84 bits per heavy atom. The number of amides is 5. The first kappa shape index (κ1) is 31.0. The lowest BCUT2D eigenvalue weighted by Gasteiger charge is -2.27. The smallest absolute Gasteiger partial charge is 0.326 e. The zero-order chi connectivity index (χ0) is 28.1. The highest BCUT2D eigenvalue weighted by Gasteiger charge is 2.32. The van der Waals surface area contributed by atoms with E-state index in [1.54, 1.807) is 44.2 Å². The van der Waals surface area contributed by atoms with Gasteiger partial charge in [0.25, 0.3) is 0 Å². The molecule has 1 rings (SSSR count). The van der Waals surface area contributed by atoms with Gasteiger partial charge in [-0.3, -0.25) is 24.0 Å². The van der Waals surface area contributed by atoms with E-state index >= 15 is 0 Å². The van der Waals surface area contributed by atoms with Crippen LogP contribution in [0.1, 0.15) is 45.1 Å². The summed E-state index contributed by atoms with van der Waals surface area (Å²) in [6.45, 7) is 3.35. The second-order valence-electron chi connectivity index (χ2n) is 9.00. The van der Waals surface area contributed by atoms with E-state index in [2.05, 4.69) is 16.0 Å². The Bertz CT molecular complexity index is 970. The fourth-order valence-corrected chi connectivity index (χ4v) is 3.36. The predicted octanol–water partition coefficient (Wildman–Crippen LogP) is -1.72. The van der Waals surface area contributed by atoms with Gasteiger partial charge in [0.2, 0.25) is 29.5 Å². The van der Waals surface area contributed by atoms with Crippen molar-refractivity contribution in [2.24, 2.45) is 23.1 Å². The molecule has 1 aromatic rings. The van der Waals surface area contributed by atoms with Crippen molar-refractivity contribution in [3.63, 3.8) is 0 Å². The molecule has 0 saturated heterocycles. The van der Waals surface area contributed by atoms with E-state index in [1.807, 2.05) is 0 Å². The van der Waals surface area contributed by atoms with Gasteiger partial charge in [0.15, 0.2) is 0 Å². The molecule has 0 spiro atoms. The Labute approximate surface area is 214 Å². The lowest BCUT2D eigenvalue weighted by molar-refractivity contribution is -0.142. The molecule has 0 aliphatic heterocycles. The Balaban J connectivity index is 3.06. The van der Waals surface area contributed by atoms with Gasteiger partial charge in [-0.15, -0.1) is 0 Å². The van der Waals surface area contributed by atoms with Crippen LogP contribution in [-0.2, 0) is 35.2 Å². The van der Waals surface area contributed by atoms with E-state index in [9.17, 15) is 33.9 Å². The molecule has 13 nitrogen and oxygen atoms in total. The molecule has 0 heterocycles. The van der Waals surface area contributed by atoms with E-state index in [1.165, 1.54) is 0 Å². The van der Waals surface area contributed by atoms with Gasteiger partial charge in [-0.25, -0.2) is 4.79 Å². The van der Waals surface area contributed by atoms with E-state index in [-0.39, 0.29) is 32.1 Å². The number of carboxylic acids is 1. The van der Waals surface area contributed by atoms with E-state index in [4.69, 9.17) is 17.2 Å². The zero-order valence-electron chi connectivity index (χ0n) is 20.9. The van der Waals surface area contributed by atoms with E-state index in [0.29, 0.717) is 5.56 Å². The van der Waals surface area contributed by atoms with Crippen LogP contribution in [0.25, 0.3) is 0 Å². The maximum Gasteiger partial charge on any atom is 0.326 e. The molecule has 0 saturated carbocycles. The highest BCUT2D eigenvalue weighted by Crippen LogP contribution is 2.09. The van der Waals surface area contributed by atoms with Gasteiger partial charge in [-0.05, 0) is 24.3 Å². The number of carbonyl (C=O) groups excluding carboxylic acids is 5. The number of rotatable bonds is 16. The first-order valence-corrected chi connectivity index (χ1v) is 11.8. The summed E-state index contributed by atoms with van der Waals surface area (Å²) in [4.78, 5) is 72.3. The molecular formula is C24H36N6O7. The number of carbonyl (C=O) groups is 6. The maximum absolute atomic E-state index is 13.2. The largest absolute Gasteiger partial charge is 0.480 e. The number of hydrogen-bond acceptors (Lipinski definition) is 7. The summed E-state index contributed by atoms with van der Waals surface area (Å²) >= 11 is 0. The van der Waals surface area contributed by atoms with Gasteiger partial charge < -0.3 is 38.3 Å². The average molecular weight is 521 g/mol. The van der Waals surface area contributed by atoms with Crippen LogP contribution in [0.4, 0.5) is 0 Å². The van der Waals surface area contributed by atoms with Crippen LogP contribution in [0.5, 0.6) is 0 Å². The number of aliphatic carboxylic acids is 1. The molecule has 37 heavy (non-hydrogen) atoms. The number of hydrogen-bond donors (Lipinski definition) is 7. The van der Waals surface area contributed by atoms with Crippen LogP contribution >= 0.6 is 0 Å². The molecular weight excluding hydrogens is 484 g/mol. The Hall–Kier alpha value is -4.00. The fourth-order valence-electron chi connectivity index (χ4n) is 3.36. The van der Waals surface area contributed by atoms with Gasteiger partial charge in [0.1, 0.15) is 18.1 Å². The minimum atomic E-state index is -1.40. The summed E-state index contributed by atoms with van der Waals surface area (Å²) in [7, 11) is 0. The summed E-state index contributed by atoms with van der Waals surface area (Å²) in [6, 6.07) is 3.95. The van der Waals surface area contributed by atoms with Crippen molar-refractivity contribution < 1.29 is 33.9 Å². The van der Waals surface area contributed by atoms with Gasteiger partial charge in [-0.2, -0.15) is 0 Å². The van der Waals surface area contributed by atoms with Crippen molar-refractivity contribution >= 4 is 35.5 Å². The quantitative estimate of drug-likeness (QED) is 0.132. The lowest BCUT2D eigenvalue weighted by atomic mass is 10.00. The summed E-state index contributed by atoms with van der Waals surface area (Å²) in [5, 5.41) is 16.9. The number of carboxylic acid groups (broad SMARTS) is 1. The number of nitrogens with two attached hydrogens (primary N) is 3. The molecule has 0 bridgehead atoms. The average Bonchev–Trinajstić information content (AvgIpc) is 2.82. The Morgan fingerprint density at radius 2 is 1.32 bits per heavy atom. The molecule has 1 aromatic carbocycles. The summed E-state index contributed by atoms with van der Waals surface area (Å²) in [5.74, 6) is -5.26. The van der Waals surface area contributed by atoms with Crippen LogP contribution in [0, 0.1) is 5.92 Å². The normalized spacial score (nSPS) is 14.1. The van der Waals surface area contributed by atoms with Gasteiger partial charge in [-0.1, -0.05) is 44.2 Å². The van der Waals surface area contributed by atoms with Crippen molar-refractivity contribution in [2.45, 2.75) is 70.1 Å². The molecule has 0 aliphatic carbocycles. The molecule has 13 heteroatoms. The van der Waals surface area contributed by atoms with Crippen LogP contribution in [0.2, 0.25) is 0 Å². The number of benzene rings is 1. The van der Waals surface area contributed by atoms with Gasteiger partial charge in [0.05, 0.1) is 6.04 Å². The third kappa shape index (κ3) is 11.5. The molecule has 204 valence electrons. The van der Waals surface area contributed by atoms with Crippen molar-refractivity contribution in [3.8, 4) is 0 Å². The minimum Gasteiger partial charge on any atom is -0.480 e. The predicted molar refractivity (Wildman–Crippen MR) is 133 cm³/mol. The third-order valence-corrected chi connectivity index (χ3v) is 5.50. The van der Waals surface area contributed by atoms with E-state index < -0.39 is 65.6 Å². The summed E-state index contributed by atoms with van der Waals surface area (Å²) in [6.07, 6.45) is -0.570. The van der Waals surface area contributed by atoms with Crippen LogP contribution < -0.4 is 33.2 Å². The Kier molecular flexibility index (Phi) is 12.7. The van der Waals surface area contributed by atoms with E-state index in [0.717, 1.165) is 0 Å². The van der Waals surface area contributed by atoms with Crippen molar-refractivity contribution in [1.29, 1.82) is 0 Å². The maximum atomic E-state index is 13.2. The zero-order valence-corrected chi connectivity index (χ0v) is 20.9. The second kappa shape index (κ2) is 15.2. The van der Waals surface area contributed by atoms with Crippen molar-refractivity contribution in [3.05, 3.63) is 35.9 Å². The molecule has 0 aliphatic rings. The monoisotopic (exact) mass is 520 g/mol. The Morgan fingerprint density at radius 1 is 0.784 bits per heavy atom. The van der Waals surface area contributed by atoms with Crippen LogP contribution in [0.3, 0.4) is 0 Å². The standard InChI is InChI=1S/C24H36N6O7/c1-13(2)20(30-21(33)15(25)8-10-18(26)31)23(35)29-17(12-14-6-4-3-5-7-14)22(34)28-16(24(36)37)9-11-19(27)32/h3-7,13,15-17,20H,8-12,25H2,1-2H3,(H2,26,31)(H2,27,32)(H,28,34)(H,29,35)(H,30,33)(H,36,37). The summed E-state index contributed by atoms with van der Waals surface area (Å²) < 4.78 is 0. The fraction of sp³-hybridized carbons (Fsp3) is 0.500. The molecule has 0 fully saturated rings. The highest BCUT2D eigenvalue weighted by atomic mass is 16.4. The second-order valence-corrected chi connectivity index (χ2v) is 9.00. The van der Waals surface area contributed by atoms with Crippen molar-refractivity contribution in [1.82, 2.24) is 16.0 Å². The molecule has 4 atom stereocenters. The highest BCUT2D eigenvalue weighted by molar-refractivity contribution is 5.94. The minimum absolute atomic E-state index is 0.00544. The molecule has 0 radical (unpaired) electrons. The van der Waals surface area contributed by atoms with Gasteiger partial charge >= 0.3 is 5.97 Å². The number of nitrogens with one attached hydrogen (secondary N) is 3. The lowest BCUT2D eigenvalue weighted by Crippen LogP contribution is -2.59. The molecule has 10 N–H and O–H groups in total. The van der Waals surface area contributed by atoms with Crippen LogP contribution in [0.15, 0.2) is 30.3 Å². The SMILES string of the molecule is CC(C)C(NC(=O)C(N)CCC(N)=O)C(=O)NC(Cc1ccccc1)C(=O)NC(CCC(N)=O)C(=O)O. The first-order valence-electron chi connectivity index (χ1n) is 11.8. The molecule has 0 aromatic heterocycles. The van der Waals surface area contributed by atoms with Gasteiger partial charge in [0, 0.05) is 19.3 Å². The third-order valence-electron chi connectivity index (χ3n) is 5.50. The molecule has 5 amide bonds. The topological polar surface area (TPSA) is 237 Å². The van der Waals surface area contributed by atoms with Crippen molar-refractivity contribution in [2.75, 3.05) is 0 Å².